The van der Waals surface area contributed by atoms with Crippen molar-refractivity contribution in [3.8, 4) is 17.1 Å². The van der Waals surface area contributed by atoms with E-state index in [-0.39, 0.29) is 17.7 Å². The summed E-state index contributed by atoms with van der Waals surface area (Å²) >= 11 is 0. The van der Waals surface area contributed by atoms with Gasteiger partial charge in [-0.1, -0.05) is 32.0 Å². The maximum atomic E-state index is 12.3. The Morgan fingerprint density at radius 3 is 2.69 bits per heavy atom. The first-order valence-electron chi connectivity index (χ1n) is 11.4. The number of fused-ring (bicyclic) bond motifs is 1. The molecule has 4 N–H and O–H groups in total. The van der Waals surface area contributed by atoms with Crippen LogP contribution in [0.3, 0.4) is 0 Å². The summed E-state index contributed by atoms with van der Waals surface area (Å²) < 4.78 is 5.13. The van der Waals surface area contributed by atoms with Crippen molar-refractivity contribution in [1.82, 2.24) is 25.3 Å². The van der Waals surface area contributed by atoms with Gasteiger partial charge in [0.15, 0.2) is 0 Å². The normalized spacial score (nSPS) is 12.7. The summed E-state index contributed by atoms with van der Waals surface area (Å²) in [4.78, 5) is 29.8. The number of rotatable bonds is 8. The summed E-state index contributed by atoms with van der Waals surface area (Å²) in [5, 5.41) is 6.97. The molecule has 0 fully saturated rings. The zero-order chi connectivity index (χ0) is 24.9. The second-order valence-corrected chi connectivity index (χ2v) is 8.44. The Labute approximate surface area is 204 Å². The standard InChI is InChI=1S/C26H29N7O2/c1-15(16(2)18-6-5-7-19-20(25(34)28-3)8-9-29-24(18)19)12-30-23-11-22(32-14-33-23)17-10-21(27)26(35-4)31-13-17/h5-11,13-16H,12,27H2,1-4H3,(H,28,34)(H,30,32,33). The average Bonchev–Trinajstić information content (AvgIpc) is 2.90. The van der Waals surface area contributed by atoms with Gasteiger partial charge in [-0.25, -0.2) is 15.0 Å². The van der Waals surface area contributed by atoms with Crippen molar-refractivity contribution in [2.75, 3.05) is 31.8 Å². The highest BCUT2D eigenvalue weighted by molar-refractivity contribution is 6.06. The molecule has 0 bridgehead atoms. The molecule has 4 aromatic rings. The molecule has 2 unspecified atom stereocenters. The maximum absolute atomic E-state index is 12.3. The number of anilines is 2. The highest BCUT2D eigenvalue weighted by Crippen LogP contribution is 2.31. The number of benzene rings is 1. The molecule has 1 aromatic carbocycles. The number of amides is 1. The van der Waals surface area contributed by atoms with E-state index in [0.717, 1.165) is 22.0 Å². The van der Waals surface area contributed by atoms with Crippen LogP contribution in [0.15, 0.2) is 55.1 Å². The summed E-state index contributed by atoms with van der Waals surface area (Å²) in [6.07, 6.45) is 4.88. The van der Waals surface area contributed by atoms with Crippen molar-refractivity contribution in [2.45, 2.75) is 19.8 Å². The molecule has 3 heterocycles. The maximum Gasteiger partial charge on any atom is 0.251 e. The molecule has 4 rings (SSSR count). The SMILES string of the molecule is CNC(=O)c1ccnc2c(C(C)C(C)CNc3cc(-c4cnc(OC)c(N)c4)ncn3)cccc12. The molecule has 0 aliphatic carbocycles. The Kier molecular flexibility index (Phi) is 7.05. The molecule has 35 heavy (non-hydrogen) atoms. The van der Waals surface area contributed by atoms with Crippen LogP contribution in [-0.2, 0) is 0 Å². The molecule has 9 nitrogen and oxygen atoms in total. The van der Waals surface area contributed by atoms with Crippen molar-refractivity contribution < 1.29 is 9.53 Å². The molecule has 0 aliphatic heterocycles. The first-order chi connectivity index (χ1) is 16.9. The van der Waals surface area contributed by atoms with Gasteiger partial charge in [0, 0.05) is 43.0 Å². The highest BCUT2D eigenvalue weighted by Gasteiger charge is 2.19. The Morgan fingerprint density at radius 2 is 1.94 bits per heavy atom. The number of nitrogens with one attached hydrogen (secondary N) is 2. The van der Waals surface area contributed by atoms with Crippen LogP contribution < -0.4 is 21.1 Å². The van der Waals surface area contributed by atoms with Gasteiger partial charge < -0.3 is 21.1 Å². The smallest absolute Gasteiger partial charge is 0.251 e. The Bertz CT molecular complexity index is 1360. The molecule has 0 radical (unpaired) electrons. The monoisotopic (exact) mass is 471 g/mol. The lowest BCUT2D eigenvalue weighted by Crippen LogP contribution is -2.19. The quantitative estimate of drug-likeness (QED) is 0.353. The number of nitrogen functional groups attached to an aromatic ring is 1. The Balaban J connectivity index is 1.51. The molecule has 9 heteroatoms. The number of ether oxygens (including phenoxy) is 1. The molecule has 0 saturated carbocycles. The van der Waals surface area contributed by atoms with Crippen LogP contribution in [0.2, 0.25) is 0 Å². The predicted molar refractivity (Wildman–Crippen MR) is 137 cm³/mol. The summed E-state index contributed by atoms with van der Waals surface area (Å²) in [5.41, 5.74) is 10.5. The van der Waals surface area contributed by atoms with Crippen LogP contribution in [0.4, 0.5) is 11.5 Å². The molecule has 2 atom stereocenters. The van der Waals surface area contributed by atoms with Gasteiger partial charge in [0.25, 0.3) is 5.91 Å². The fourth-order valence-electron chi connectivity index (χ4n) is 4.04. The van der Waals surface area contributed by atoms with Crippen molar-refractivity contribution >= 4 is 28.3 Å². The average molecular weight is 472 g/mol. The molecular weight excluding hydrogens is 442 g/mol. The highest BCUT2D eigenvalue weighted by atomic mass is 16.5. The minimum Gasteiger partial charge on any atom is -0.480 e. The second-order valence-electron chi connectivity index (χ2n) is 8.44. The summed E-state index contributed by atoms with van der Waals surface area (Å²) in [6, 6.07) is 11.4. The molecule has 3 aromatic heterocycles. The number of nitrogens with zero attached hydrogens (tertiary/aromatic N) is 4. The van der Waals surface area contributed by atoms with Gasteiger partial charge in [0.05, 0.1) is 29.6 Å². The topological polar surface area (TPSA) is 128 Å². The summed E-state index contributed by atoms with van der Waals surface area (Å²) in [5.74, 6) is 1.41. The second kappa shape index (κ2) is 10.3. The van der Waals surface area contributed by atoms with Crippen LogP contribution in [-0.4, -0.2) is 46.5 Å². The first-order valence-corrected chi connectivity index (χ1v) is 11.4. The zero-order valence-corrected chi connectivity index (χ0v) is 20.2. The Morgan fingerprint density at radius 1 is 1.11 bits per heavy atom. The summed E-state index contributed by atoms with van der Waals surface area (Å²) in [6.45, 7) is 5.04. The fourth-order valence-corrected chi connectivity index (χ4v) is 4.04. The minimum atomic E-state index is -0.120. The van der Waals surface area contributed by atoms with E-state index in [1.165, 1.54) is 13.4 Å². The zero-order valence-electron chi connectivity index (χ0n) is 20.2. The van der Waals surface area contributed by atoms with Crippen molar-refractivity contribution in [2.24, 2.45) is 5.92 Å². The molecule has 0 spiro atoms. The first kappa shape index (κ1) is 23.9. The van der Waals surface area contributed by atoms with Crippen LogP contribution in [0.1, 0.15) is 35.7 Å². The number of nitrogens with two attached hydrogens (primary N) is 1. The van der Waals surface area contributed by atoms with E-state index in [2.05, 4.69) is 50.5 Å². The summed E-state index contributed by atoms with van der Waals surface area (Å²) in [7, 11) is 3.16. The lowest BCUT2D eigenvalue weighted by atomic mass is 9.87. The number of hydrogen-bond donors (Lipinski definition) is 3. The van der Waals surface area contributed by atoms with Gasteiger partial charge in [0.1, 0.15) is 12.1 Å². The van der Waals surface area contributed by atoms with Crippen LogP contribution in [0, 0.1) is 5.92 Å². The number of hydrogen-bond acceptors (Lipinski definition) is 8. The van der Waals surface area contributed by atoms with E-state index in [4.69, 9.17) is 10.5 Å². The van der Waals surface area contributed by atoms with Crippen molar-refractivity contribution in [1.29, 1.82) is 0 Å². The number of carbonyl (C=O) groups excluding carboxylic acids is 1. The third-order valence-corrected chi connectivity index (χ3v) is 6.26. The third kappa shape index (κ3) is 4.98. The van der Waals surface area contributed by atoms with Gasteiger partial charge in [-0.3, -0.25) is 9.78 Å². The largest absolute Gasteiger partial charge is 0.480 e. The van der Waals surface area contributed by atoms with Gasteiger partial charge in [-0.15, -0.1) is 0 Å². The van der Waals surface area contributed by atoms with Gasteiger partial charge in [-0.05, 0) is 29.5 Å². The van der Waals surface area contributed by atoms with Crippen LogP contribution in [0.5, 0.6) is 5.88 Å². The number of pyridine rings is 2. The van der Waals surface area contributed by atoms with E-state index >= 15 is 0 Å². The fraction of sp³-hybridized carbons (Fsp3) is 0.269. The number of para-hydroxylation sites is 1. The van der Waals surface area contributed by atoms with Crippen LogP contribution >= 0.6 is 0 Å². The molecule has 0 aliphatic rings. The lowest BCUT2D eigenvalue weighted by Gasteiger charge is -2.22. The third-order valence-electron chi connectivity index (χ3n) is 6.26. The van der Waals surface area contributed by atoms with Crippen LogP contribution in [0.25, 0.3) is 22.2 Å². The number of methoxy groups -OCH3 is 1. The molecule has 180 valence electrons. The molecular formula is C26H29N7O2. The molecule has 0 saturated heterocycles. The Hall–Kier alpha value is -4.27. The van der Waals surface area contributed by atoms with E-state index < -0.39 is 0 Å². The van der Waals surface area contributed by atoms with Gasteiger partial charge in [-0.2, -0.15) is 0 Å². The van der Waals surface area contributed by atoms with Crippen molar-refractivity contribution in [3.05, 3.63) is 66.2 Å². The number of carbonyl (C=O) groups is 1. The molecule has 1 amide bonds. The van der Waals surface area contributed by atoms with E-state index in [9.17, 15) is 4.79 Å². The lowest BCUT2D eigenvalue weighted by molar-refractivity contribution is 0.0964. The van der Waals surface area contributed by atoms with E-state index in [1.54, 1.807) is 31.6 Å². The minimum absolute atomic E-state index is 0.120. The van der Waals surface area contributed by atoms with E-state index in [0.29, 0.717) is 35.2 Å². The van der Waals surface area contributed by atoms with E-state index in [1.807, 2.05) is 18.2 Å². The van der Waals surface area contributed by atoms with Gasteiger partial charge in [0.2, 0.25) is 5.88 Å². The number of aromatic nitrogens is 4. The van der Waals surface area contributed by atoms with Gasteiger partial charge >= 0.3 is 0 Å². The predicted octanol–water partition coefficient (Wildman–Crippen LogP) is 3.89. The van der Waals surface area contributed by atoms with Crippen molar-refractivity contribution in [3.63, 3.8) is 0 Å².